The number of aliphatic imine (C=N–C) groups is 1. The molecule has 0 fully saturated rings. The molecule has 0 aliphatic rings. The summed E-state index contributed by atoms with van der Waals surface area (Å²) < 4.78 is 0. The van der Waals surface area contributed by atoms with E-state index in [-0.39, 0.29) is 0 Å². The average Bonchev–Trinajstić information content (AvgIpc) is 2.54. The molecule has 1 aromatic heterocycles. The maximum atomic E-state index is 7.68. The van der Waals surface area contributed by atoms with Gasteiger partial charge in [-0.3, -0.25) is 15.3 Å². The van der Waals surface area contributed by atoms with Gasteiger partial charge < -0.3 is 5.73 Å². The van der Waals surface area contributed by atoms with Crippen LogP contribution in [0.5, 0.6) is 0 Å². The molecule has 6 heteroatoms. The molecule has 2 rings (SSSR count). The quantitative estimate of drug-likeness (QED) is 0.518. The molecule has 21 heavy (non-hydrogen) atoms. The number of nitrogens with one attached hydrogen (secondary N) is 1. The highest BCUT2D eigenvalue weighted by Gasteiger charge is 2.16. The third-order valence-corrected chi connectivity index (χ3v) is 3.33. The standard InChI is InChI=1S/C15H16ClN5/c1-19-15(13-3-2-8-20-14(13)18)21(10-17)12-6-4-11(9-16)5-7-12/h2-8,10,17H,9H2,1H3,(H2,18,20). The zero-order chi connectivity index (χ0) is 15.2. The molecular weight excluding hydrogens is 286 g/mol. The fourth-order valence-corrected chi connectivity index (χ4v) is 2.15. The normalized spacial score (nSPS) is 11.2. The minimum absolute atomic E-state index is 0.377. The molecule has 0 unspecified atom stereocenters. The van der Waals surface area contributed by atoms with Gasteiger partial charge in [-0.25, -0.2) is 4.98 Å². The number of alkyl halides is 1. The van der Waals surface area contributed by atoms with Crippen LogP contribution in [0.1, 0.15) is 11.1 Å². The fraction of sp³-hybridized carbons (Fsp3) is 0.133. The molecule has 0 saturated carbocycles. The molecule has 0 spiro atoms. The number of hydrogen-bond acceptors (Lipinski definition) is 4. The van der Waals surface area contributed by atoms with Crippen molar-refractivity contribution in [1.29, 1.82) is 5.41 Å². The van der Waals surface area contributed by atoms with Crippen LogP contribution in [0.3, 0.4) is 0 Å². The topological polar surface area (TPSA) is 78.4 Å². The van der Waals surface area contributed by atoms with Gasteiger partial charge in [0.15, 0.2) is 0 Å². The largest absolute Gasteiger partial charge is 0.383 e. The summed E-state index contributed by atoms with van der Waals surface area (Å²) in [5, 5.41) is 7.68. The molecule has 0 amide bonds. The van der Waals surface area contributed by atoms with Gasteiger partial charge in [0.1, 0.15) is 11.7 Å². The highest BCUT2D eigenvalue weighted by Crippen LogP contribution is 2.20. The zero-order valence-electron chi connectivity index (χ0n) is 11.6. The van der Waals surface area contributed by atoms with Crippen LogP contribution in [-0.2, 0) is 5.88 Å². The molecule has 3 N–H and O–H groups in total. The molecular formula is C15H16ClN5. The van der Waals surface area contributed by atoms with Gasteiger partial charge in [0, 0.05) is 24.8 Å². The summed E-state index contributed by atoms with van der Waals surface area (Å²) in [5.74, 6) is 1.39. The second-order valence-electron chi connectivity index (χ2n) is 4.28. The predicted molar refractivity (Wildman–Crippen MR) is 88.4 cm³/mol. The van der Waals surface area contributed by atoms with E-state index in [9.17, 15) is 0 Å². The van der Waals surface area contributed by atoms with Crippen molar-refractivity contribution < 1.29 is 0 Å². The van der Waals surface area contributed by atoms with Crippen molar-refractivity contribution in [2.45, 2.75) is 5.88 Å². The molecule has 2 aromatic rings. The minimum Gasteiger partial charge on any atom is -0.383 e. The second-order valence-corrected chi connectivity index (χ2v) is 4.55. The fourth-order valence-electron chi connectivity index (χ4n) is 1.97. The molecule has 1 aromatic carbocycles. The van der Waals surface area contributed by atoms with Gasteiger partial charge in [0.05, 0.1) is 11.9 Å². The first-order valence-electron chi connectivity index (χ1n) is 6.33. The summed E-state index contributed by atoms with van der Waals surface area (Å²) in [6.45, 7) is 0. The Hall–Kier alpha value is -2.40. The number of nitrogens with zero attached hydrogens (tertiary/aromatic N) is 3. The van der Waals surface area contributed by atoms with E-state index in [1.54, 1.807) is 24.2 Å². The predicted octanol–water partition coefficient (Wildman–Crippen LogP) is 2.89. The summed E-state index contributed by atoms with van der Waals surface area (Å²) in [4.78, 5) is 9.96. The lowest BCUT2D eigenvalue weighted by atomic mass is 10.1. The Morgan fingerprint density at radius 3 is 2.62 bits per heavy atom. The number of rotatable bonds is 4. The van der Waals surface area contributed by atoms with Gasteiger partial charge in [-0.15, -0.1) is 11.6 Å². The van der Waals surface area contributed by atoms with Gasteiger partial charge >= 0.3 is 0 Å². The Bertz CT molecular complexity index is 651. The van der Waals surface area contributed by atoms with Crippen LogP contribution in [-0.4, -0.2) is 24.2 Å². The lowest BCUT2D eigenvalue weighted by Gasteiger charge is -2.22. The molecule has 108 valence electrons. The number of anilines is 2. The number of nitrogens with two attached hydrogens (primary N) is 1. The van der Waals surface area contributed by atoms with Crippen molar-refractivity contribution in [3.05, 3.63) is 53.7 Å². The molecule has 0 aliphatic heterocycles. The first-order valence-corrected chi connectivity index (χ1v) is 6.87. The summed E-state index contributed by atoms with van der Waals surface area (Å²) in [7, 11) is 1.66. The van der Waals surface area contributed by atoms with Crippen molar-refractivity contribution in [3.63, 3.8) is 0 Å². The zero-order valence-corrected chi connectivity index (χ0v) is 12.4. The average molecular weight is 302 g/mol. The number of hydrogen-bond donors (Lipinski definition) is 2. The Labute approximate surface area is 128 Å². The van der Waals surface area contributed by atoms with Crippen molar-refractivity contribution in [2.24, 2.45) is 4.99 Å². The third-order valence-electron chi connectivity index (χ3n) is 3.02. The summed E-state index contributed by atoms with van der Waals surface area (Å²) >= 11 is 5.79. The van der Waals surface area contributed by atoms with Crippen molar-refractivity contribution in [1.82, 2.24) is 4.98 Å². The van der Waals surface area contributed by atoms with E-state index < -0.39 is 0 Å². The molecule has 0 saturated heterocycles. The minimum atomic E-state index is 0.377. The van der Waals surface area contributed by atoms with E-state index in [0.717, 1.165) is 11.3 Å². The maximum Gasteiger partial charge on any atom is 0.144 e. The Kier molecular flexibility index (Phi) is 4.90. The van der Waals surface area contributed by atoms with Gasteiger partial charge in [-0.2, -0.15) is 0 Å². The molecule has 0 aliphatic carbocycles. The van der Waals surface area contributed by atoms with E-state index in [2.05, 4.69) is 9.98 Å². The number of pyridine rings is 1. The summed E-state index contributed by atoms with van der Waals surface area (Å²) in [6, 6.07) is 11.2. The van der Waals surface area contributed by atoms with E-state index >= 15 is 0 Å². The van der Waals surface area contributed by atoms with E-state index in [1.807, 2.05) is 30.3 Å². The van der Waals surface area contributed by atoms with Crippen LogP contribution in [0.25, 0.3) is 0 Å². The van der Waals surface area contributed by atoms with Crippen molar-refractivity contribution >= 4 is 35.3 Å². The molecule has 5 nitrogen and oxygen atoms in total. The third kappa shape index (κ3) is 3.20. The van der Waals surface area contributed by atoms with Crippen LogP contribution in [0.15, 0.2) is 47.6 Å². The number of aromatic nitrogens is 1. The van der Waals surface area contributed by atoms with E-state index in [4.69, 9.17) is 22.7 Å². The molecule has 0 radical (unpaired) electrons. The van der Waals surface area contributed by atoms with Crippen molar-refractivity contribution in [2.75, 3.05) is 17.7 Å². The smallest absolute Gasteiger partial charge is 0.144 e. The second kappa shape index (κ2) is 6.85. The highest BCUT2D eigenvalue weighted by molar-refractivity contribution is 6.20. The molecule has 0 atom stereocenters. The lowest BCUT2D eigenvalue weighted by Crippen LogP contribution is -2.30. The van der Waals surface area contributed by atoms with Gasteiger partial charge in [-0.1, -0.05) is 12.1 Å². The lowest BCUT2D eigenvalue weighted by molar-refractivity contribution is 1.27. The number of amidine groups is 1. The SMILES string of the molecule is CN=C(c1cccnc1N)N(C=N)c1ccc(CCl)cc1. The number of halogens is 1. The highest BCUT2D eigenvalue weighted by atomic mass is 35.5. The van der Waals surface area contributed by atoms with E-state index in [0.29, 0.717) is 23.1 Å². The van der Waals surface area contributed by atoms with Crippen LogP contribution in [0, 0.1) is 5.41 Å². The first kappa shape index (κ1) is 15.0. The Morgan fingerprint density at radius 2 is 2.10 bits per heavy atom. The van der Waals surface area contributed by atoms with Gasteiger partial charge in [0.25, 0.3) is 0 Å². The number of nitrogen functional groups attached to an aromatic ring is 1. The first-order chi connectivity index (χ1) is 10.2. The van der Waals surface area contributed by atoms with Gasteiger partial charge in [0.2, 0.25) is 0 Å². The van der Waals surface area contributed by atoms with Crippen LogP contribution in [0.4, 0.5) is 11.5 Å². The summed E-state index contributed by atoms with van der Waals surface area (Å²) in [6.07, 6.45) is 2.82. The monoisotopic (exact) mass is 301 g/mol. The van der Waals surface area contributed by atoms with Crippen molar-refractivity contribution in [3.8, 4) is 0 Å². The van der Waals surface area contributed by atoms with E-state index in [1.165, 1.54) is 6.34 Å². The molecule has 0 bridgehead atoms. The number of benzene rings is 1. The maximum absolute atomic E-state index is 7.68. The van der Waals surface area contributed by atoms with Crippen LogP contribution in [0.2, 0.25) is 0 Å². The Balaban J connectivity index is 2.43. The molecule has 1 heterocycles. The van der Waals surface area contributed by atoms with Crippen LogP contribution >= 0.6 is 11.6 Å². The van der Waals surface area contributed by atoms with Gasteiger partial charge in [-0.05, 0) is 29.8 Å². The Morgan fingerprint density at radius 1 is 1.38 bits per heavy atom. The van der Waals surface area contributed by atoms with Crippen LogP contribution < -0.4 is 10.6 Å². The summed E-state index contributed by atoms with van der Waals surface area (Å²) in [5.41, 5.74) is 8.41.